The van der Waals surface area contributed by atoms with E-state index in [2.05, 4.69) is 29.4 Å². The van der Waals surface area contributed by atoms with E-state index in [0.717, 1.165) is 29.0 Å². The molecule has 0 aliphatic carbocycles. The number of carbonyl (C=O) groups is 1. The fraction of sp³-hybridized carbons (Fsp3) is 0.444. The molecule has 0 unspecified atom stereocenters. The van der Waals surface area contributed by atoms with Crippen LogP contribution in [0.5, 0.6) is 0 Å². The molecule has 1 aromatic heterocycles. The molecule has 0 saturated carbocycles. The third-order valence-corrected chi connectivity index (χ3v) is 6.29. The quantitative estimate of drug-likeness (QED) is 0.755. The number of aryl methyl sites for hydroxylation is 2. The van der Waals surface area contributed by atoms with Crippen molar-refractivity contribution in [2.24, 2.45) is 0 Å². The van der Waals surface area contributed by atoms with Crippen molar-refractivity contribution in [2.75, 3.05) is 16.8 Å². The summed E-state index contributed by atoms with van der Waals surface area (Å²) in [6.07, 6.45) is 2.65. The second-order valence-corrected chi connectivity index (χ2v) is 9.40. The highest BCUT2D eigenvalue weighted by Crippen LogP contribution is 2.30. The van der Waals surface area contributed by atoms with Gasteiger partial charge in [0.2, 0.25) is 5.91 Å². The molecule has 0 radical (unpaired) electrons. The van der Waals surface area contributed by atoms with Crippen molar-refractivity contribution in [3.8, 4) is 11.3 Å². The number of aromatic nitrogens is 1. The second kappa shape index (κ2) is 8.58. The number of hydrogen-bond donors (Lipinski definition) is 1. The number of hydrogen-bond acceptors (Lipinski definition) is 5. The number of nitrogens with zero attached hydrogens (tertiary/aromatic N) is 1. The van der Waals surface area contributed by atoms with E-state index >= 15 is 0 Å². The molecule has 1 N–H and O–H groups in total. The van der Waals surface area contributed by atoms with Crippen molar-refractivity contribution < 1.29 is 13.2 Å². The third kappa shape index (κ3) is 5.64. The molecule has 7 heteroatoms. The SMILES string of the molecule is CCCc1ccc(-c2nc(NC(=O)CS(=O)(=O)CCC)sc2C)cc1. The van der Waals surface area contributed by atoms with Gasteiger partial charge in [-0.05, 0) is 25.3 Å². The van der Waals surface area contributed by atoms with Gasteiger partial charge in [0.15, 0.2) is 15.0 Å². The minimum atomic E-state index is -3.35. The predicted octanol–water partition coefficient (Wildman–Crippen LogP) is 3.83. The lowest BCUT2D eigenvalue weighted by molar-refractivity contribution is -0.113. The van der Waals surface area contributed by atoms with Gasteiger partial charge < -0.3 is 5.32 Å². The van der Waals surface area contributed by atoms with Gasteiger partial charge in [-0.1, -0.05) is 44.5 Å². The van der Waals surface area contributed by atoms with Crippen molar-refractivity contribution >= 4 is 32.2 Å². The average molecular weight is 381 g/mol. The van der Waals surface area contributed by atoms with Crippen LogP contribution in [0.2, 0.25) is 0 Å². The highest BCUT2D eigenvalue weighted by atomic mass is 32.2. The van der Waals surface area contributed by atoms with E-state index in [1.807, 2.05) is 19.1 Å². The normalized spacial score (nSPS) is 11.5. The lowest BCUT2D eigenvalue weighted by Crippen LogP contribution is -2.24. The van der Waals surface area contributed by atoms with E-state index in [4.69, 9.17) is 0 Å². The zero-order valence-electron chi connectivity index (χ0n) is 14.8. The van der Waals surface area contributed by atoms with Gasteiger partial charge in [0.25, 0.3) is 0 Å². The van der Waals surface area contributed by atoms with Gasteiger partial charge in [-0.3, -0.25) is 4.79 Å². The van der Waals surface area contributed by atoms with Crippen LogP contribution in [-0.4, -0.2) is 30.8 Å². The largest absolute Gasteiger partial charge is 0.301 e. The third-order valence-electron chi connectivity index (χ3n) is 3.68. The molecule has 1 aromatic carbocycles. The average Bonchev–Trinajstić information content (AvgIpc) is 2.88. The van der Waals surface area contributed by atoms with E-state index in [1.165, 1.54) is 16.9 Å². The molecule has 0 saturated heterocycles. The van der Waals surface area contributed by atoms with Gasteiger partial charge in [0.05, 0.1) is 11.4 Å². The van der Waals surface area contributed by atoms with Gasteiger partial charge in [0, 0.05) is 10.4 Å². The van der Waals surface area contributed by atoms with Crippen LogP contribution in [0.15, 0.2) is 24.3 Å². The molecular weight excluding hydrogens is 356 g/mol. The van der Waals surface area contributed by atoms with Crippen LogP contribution >= 0.6 is 11.3 Å². The second-order valence-electron chi connectivity index (χ2n) is 6.01. The van der Waals surface area contributed by atoms with Crippen LogP contribution in [0.1, 0.15) is 37.1 Å². The summed E-state index contributed by atoms with van der Waals surface area (Å²) in [6, 6.07) is 8.25. The minimum absolute atomic E-state index is 0.0205. The first-order valence-electron chi connectivity index (χ1n) is 8.41. The maximum Gasteiger partial charge on any atom is 0.241 e. The Labute approximate surface area is 153 Å². The number of anilines is 1. The topological polar surface area (TPSA) is 76.1 Å². The van der Waals surface area contributed by atoms with E-state index in [-0.39, 0.29) is 5.75 Å². The Balaban J connectivity index is 2.10. The maximum absolute atomic E-state index is 12.0. The molecular formula is C18H24N2O3S2. The summed E-state index contributed by atoms with van der Waals surface area (Å²) in [5.41, 5.74) is 3.10. The summed E-state index contributed by atoms with van der Waals surface area (Å²) < 4.78 is 23.5. The zero-order chi connectivity index (χ0) is 18.4. The van der Waals surface area contributed by atoms with Crippen molar-refractivity contribution in [3.63, 3.8) is 0 Å². The molecule has 0 spiro atoms. The molecule has 0 fully saturated rings. The number of carbonyl (C=O) groups excluding carboxylic acids is 1. The first-order chi connectivity index (χ1) is 11.8. The first-order valence-corrected chi connectivity index (χ1v) is 11.1. The first kappa shape index (κ1) is 19.6. The Morgan fingerprint density at radius 2 is 1.84 bits per heavy atom. The van der Waals surface area contributed by atoms with E-state index in [1.54, 1.807) is 6.92 Å². The Morgan fingerprint density at radius 3 is 2.44 bits per heavy atom. The van der Waals surface area contributed by atoms with Crippen molar-refractivity contribution in [3.05, 3.63) is 34.7 Å². The molecule has 136 valence electrons. The van der Waals surface area contributed by atoms with E-state index in [9.17, 15) is 13.2 Å². The predicted molar refractivity (Wildman–Crippen MR) is 104 cm³/mol. The summed E-state index contributed by atoms with van der Waals surface area (Å²) >= 11 is 1.35. The smallest absolute Gasteiger partial charge is 0.241 e. The van der Waals surface area contributed by atoms with Gasteiger partial charge in [-0.25, -0.2) is 13.4 Å². The molecule has 1 amide bonds. The molecule has 0 aliphatic heterocycles. The molecule has 2 aromatic rings. The van der Waals surface area contributed by atoms with Crippen LogP contribution < -0.4 is 5.32 Å². The van der Waals surface area contributed by atoms with Crippen LogP contribution in [-0.2, 0) is 21.1 Å². The monoisotopic (exact) mass is 380 g/mol. The van der Waals surface area contributed by atoms with E-state index < -0.39 is 21.5 Å². The summed E-state index contributed by atoms with van der Waals surface area (Å²) in [7, 11) is -3.35. The number of thiazole rings is 1. The summed E-state index contributed by atoms with van der Waals surface area (Å²) in [6.45, 7) is 5.86. The number of sulfone groups is 1. The molecule has 2 rings (SSSR count). The van der Waals surface area contributed by atoms with Crippen LogP contribution in [0.25, 0.3) is 11.3 Å². The van der Waals surface area contributed by atoms with Crippen LogP contribution in [0.3, 0.4) is 0 Å². The van der Waals surface area contributed by atoms with Crippen molar-refractivity contribution in [2.45, 2.75) is 40.0 Å². The number of benzene rings is 1. The molecule has 1 heterocycles. The molecule has 0 bridgehead atoms. The Morgan fingerprint density at radius 1 is 1.16 bits per heavy atom. The van der Waals surface area contributed by atoms with Gasteiger partial charge in [-0.15, -0.1) is 11.3 Å². The highest BCUT2D eigenvalue weighted by Gasteiger charge is 2.18. The van der Waals surface area contributed by atoms with Gasteiger partial charge in [0.1, 0.15) is 5.75 Å². The Kier molecular flexibility index (Phi) is 6.72. The molecule has 25 heavy (non-hydrogen) atoms. The van der Waals surface area contributed by atoms with Crippen LogP contribution in [0, 0.1) is 6.92 Å². The highest BCUT2D eigenvalue weighted by molar-refractivity contribution is 7.92. The summed E-state index contributed by atoms with van der Waals surface area (Å²) in [4.78, 5) is 17.4. The Bertz CT molecular complexity index is 825. The maximum atomic E-state index is 12.0. The van der Waals surface area contributed by atoms with Crippen molar-refractivity contribution in [1.29, 1.82) is 0 Å². The lowest BCUT2D eigenvalue weighted by atomic mass is 10.1. The number of rotatable bonds is 8. The summed E-state index contributed by atoms with van der Waals surface area (Å²) in [5, 5.41) is 3.04. The fourth-order valence-electron chi connectivity index (χ4n) is 2.57. The number of nitrogens with one attached hydrogen (secondary N) is 1. The molecule has 5 nitrogen and oxygen atoms in total. The van der Waals surface area contributed by atoms with Gasteiger partial charge >= 0.3 is 0 Å². The molecule has 0 atom stereocenters. The minimum Gasteiger partial charge on any atom is -0.301 e. The number of amides is 1. The standard InChI is InChI=1S/C18H24N2O3S2/c1-4-6-14-7-9-15(10-8-14)17-13(3)24-18(20-17)19-16(21)12-25(22,23)11-5-2/h7-10H,4-6,11-12H2,1-3H3,(H,19,20,21). The van der Waals surface area contributed by atoms with Crippen LogP contribution in [0.4, 0.5) is 5.13 Å². The van der Waals surface area contributed by atoms with Gasteiger partial charge in [-0.2, -0.15) is 0 Å². The fourth-order valence-corrected chi connectivity index (χ4v) is 4.66. The Hall–Kier alpha value is -1.73. The lowest BCUT2D eigenvalue weighted by Gasteiger charge is -2.03. The van der Waals surface area contributed by atoms with E-state index in [0.29, 0.717) is 11.6 Å². The summed E-state index contributed by atoms with van der Waals surface area (Å²) in [5.74, 6) is -1.01. The van der Waals surface area contributed by atoms with Crippen molar-refractivity contribution in [1.82, 2.24) is 4.98 Å². The molecule has 0 aliphatic rings. The zero-order valence-corrected chi connectivity index (χ0v) is 16.5.